The van der Waals surface area contributed by atoms with E-state index in [-0.39, 0.29) is 18.9 Å². The number of nitrogens with zero attached hydrogens (tertiary/aromatic N) is 1. The van der Waals surface area contributed by atoms with Gasteiger partial charge in [0.05, 0.1) is 0 Å². The first kappa shape index (κ1) is 14.1. The predicted octanol–water partition coefficient (Wildman–Crippen LogP) is 0.600. The van der Waals surface area contributed by atoms with E-state index in [9.17, 15) is 13.2 Å². The summed E-state index contributed by atoms with van der Waals surface area (Å²) in [6.45, 7) is 0.708. The fourth-order valence-electron chi connectivity index (χ4n) is 2.69. The van der Waals surface area contributed by atoms with E-state index in [1.165, 1.54) is 0 Å². The molecule has 1 aliphatic heterocycles. The number of aromatic amines is 1. The molecule has 1 amide bonds. The molecule has 1 aromatic heterocycles. The summed E-state index contributed by atoms with van der Waals surface area (Å²) in [6.07, 6.45) is 2.57. The highest BCUT2D eigenvalue weighted by Crippen LogP contribution is 2.18. The summed E-state index contributed by atoms with van der Waals surface area (Å²) < 4.78 is 22.6. The summed E-state index contributed by atoms with van der Waals surface area (Å²) in [7, 11) is -3.64. The number of H-pyrrole nitrogens is 1. The molecule has 1 saturated heterocycles. The van der Waals surface area contributed by atoms with Crippen LogP contribution in [0.3, 0.4) is 0 Å². The number of nitrogens with two attached hydrogens (primary N) is 1. The van der Waals surface area contributed by atoms with Gasteiger partial charge in [-0.2, -0.15) is 0 Å². The number of carbonyl (C=O) groups excluding carboxylic acids is 1. The van der Waals surface area contributed by atoms with Gasteiger partial charge in [-0.1, -0.05) is 12.1 Å². The van der Waals surface area contributed by atoms with Gasteiger partial charge in [0, 0.05) is 31.2 Å². The Morgan fingerprint density at radius 2 is 2.14 bits per heavy atom. The maximum atomic E-state index is 11.8. The highest BCUT2D eigenvalue weighted by Gasteiger charge is 2.35. The molecule has 0 radical (unpaired) electrons. The first-order valence-corrected chi connectivity index (χ1v) is 8.40. The van der Waals surface area contributed by atoms with Gasteiger partial charge in [-0.25, -0.2) is 13.6 Å². The quantitative estimate of drug-likeness (QED) is 0.865. The molecular formula is C14H17N3O3S. The molecule has 1 aromatic carbocycles. The lowest BCUT2D eigenvalue weighted by molar-refractivity contribution is -0.127. The third kappa shape index (κ3) is 2.93. The minimum atomic E-state index is -3.64. The average molecular weight is 307 g/mol. The van der Waals surface area contributed by atoms with E-state index in [1.54, 1.807) is 4.90 Å². The van der Waals surface area contributed by atoms with Crippen LogP contribution in [0.5, 0.6) is 0 Å². The third-order valence-corrected chi connectivity index (χ3v) is 5.18. The van der Waals surface area contributed by atoms with Crippen LogP contribution in [0.25, 0.3) is 10.9 Å². The molecule has 0 aliphatic carbocycles. The highest BCUT2D eigenvalue weighted by molar-refractivity contribution is 7.89. The summed E-state index contributed by atoms with van der Waals surface area (Å²) in [5.74, 6) is -0.144. The van der Waals surface area contributed by atoms with Crippen LogP contribution in [0.4, 0.5) is 0 Å². The van der Waals surface area contributed by atoms with Crippen LogP contribution >= 0.6 is 0 Å². The Morgan fingerprint density at radius 1 is 1.33 bits per heavy atom. The molecule has 21 heavy (non-hydrogen) atoms. The van der Waals surface area contributed by atoms with Gasteiger partial charge in [0.15, 0.2) is 0 Å². The van der Waals surface area contributed by atoms with Gasteiger partial charge in [-0.15, -0.1) is 0 Å². The first-order chi connectivity index (χ1) is 9.93. The van der Waals surface area contributed by atoms with Crippen LogP contribution in [0.1, 0.15) is 12.0 Å². The maximum Gasteiger partial charge on any atom is 0.224 e. The zero-order chi connectivity index (χ0) is 15.0. The molecular weight excluding hydrogens is 290 g/mol. The monoisotopic (exact) mass is 307 g/mol. The average Bonchev–Trinajstić information content (AvgIpc) is 3.01. The van der Waals surface area contributed by atoms with Crippen molar-refractivity contribution < 1.29 is 13.2 Å². The Morgan fingerprint density at radius 3 is 2.86 bits per heavy atom. The van der Waals surface area contributed by atoms with Crippen molar-refractivity contribution in [2.45, 2.75) is 18.1 Å². The minimum absolute atomic E-state index is 0.00546. The molecule has 112 valence electrons. The van der Waals surface area contributed by atoms with Crippen LogP contribution in [0, 0.1) is 0 Å². The number of primary sulfonamides is 1. The molecule has 1 atom stereocenters. The number of benzene rings is 1. The van der Waals surface area contributed by atoms with E-state index in [2.05, 4.69) is 4.98 Å². The molecule has 2 heterocycles. The Balaban J connectivity index is 1.66. The first-order valence-electron chi connectivity index (χ1n) is 6.79. The standard InChI is InChI=1S/C14H17N3O3S/c15-21(19,20)12-8-14(18)17(9-12)6-4-10-1-2-11-3-5-16-13(11)7-10/h1-3,5,7,12,16H,4,6,8-9H2,(H2,15,19,20). The number of likely N-dealkylation sites (tertiary alicyclic amines) is 1. The van der Waals surface area contributed by atoms with Gasteiger partial charge in [-0.3, -0.25) is 4.79 Å². The van der Waals surface area contributed by atoms with Crippen LogP contribution in [0.2, 0.25) is 0 Å². The molecule has 0 saturated carbocycles. The second kappa shape index (κ2) is 5.16. The van der Waals surface area contributed by atoms with E-state index in [0.29, 0.717) is 13.0 Å². The minimum Gasteiger partial charge on any atom is -0.361 e. The molecule has 1 aliphatic rings. The topological polar surface area (TPSA) is 96.3 Å². The Kier molecular flexibility index (Phi) is 3.46. The summed E-state index contributed by atoms with van der Waals surface area (Å²) in [5, 5.41) is 5.49. The van der Waals surface area contributed by atoms with E-state index in [0.717, 1.165) is 16.5 Å². The fourth-order valence-corrected chi connectivity index (χ4v) is 3.45. The van der Waals surface area contributed by atoms with Crippen molar-refractivity contribution in [2.24, 2.45) is 5.14 Å². The number of nitrogens with one attached hydrogen (secondary N) is 1. The van der Waals surface area contributed by atoms with Crippen LogP contribution in [0.15, 0.2) is 30.5 Å². The van der Waals surface area contributed by atoms with Crippen molar-refractivity contribution in [3.8, 4) is 0 Å². The molecule has 6 nitrogen and oxygen atoms in total. The van der Waals surface area contributed by atoms with E-state index in [1.807, 2.05) is 30.5 Å². The molecule has 1 fully saturated rings. The lowest BCUT2D eigenvalue weighted by Gasteiger charge is -2.16. The van der Waals surface area contributed by atoms with Crippen LogP contribution in [-0.2, 0) is 21.2 Å². The number of sulfonamides is 1. The number of amides is 1. The van der Waals surface area contributed by atoms with Gasteiger partial charge in [0.2, 0.25) is 15.9 Å². The summed E-state index contributed by atoms with van der Waals surface area (Å²) in [6, 6.07) is 8.10. The van der Waals surface area contributed by atoms with Gasteiger partial charge in [0.1, 0.15) is 5.25 Å². The predicted molar refractivity (Wildman–Crippen MR) is 80.1 cm³/mol. The van der Waals surface area contributed by atoms with Crippen molar-refractivity contribution in [2.75, 3.05) is 13.1 Å². The lowest BCUT2D eigenvalue weighted by Crippen LogP contribution is -2.33. The van der Waals surface area contributed by atoms with Crippen molar-refractivity contribution in [3.05, 3.63) is 36.0 Å². The zero-order valence-corrected chi connectivity index (χ0v) is 12.3. The Hall–Kier alpha value is -1.86. The third-order valence-electron chi connectivity index (χ3n) is 3.93. The SMILES string of the molecule is NS(=O)(=O)C1CC(=O)N(CCc2ccc3cc[nH]c3c2)C1. The lowest BCUT2D eigenvalue weighted by atomic mass is 10.1. The van der Waals surface area contributed by atoms with Crippen molar-refractivity contribution in [3.63, 3.8) is 0 Å². The number of carbonyl (C=O) groups is 1. The largest absolute Gasteiger partial charge is 0.361 e. The number of rotatable bonds is 4. The summed E-state index contributed by atoms with van der Waals surface area (Å²) >= 11 is 0. The van der Waals surface area contributed by atoms with E-state index < -0.39 is 15.3 Å². The molecule has 0 bridgehead atoms. The van der Waals surface area contributed by atoms with Gasteiger partial charge in [0.25, 0.3) is 0 Å². The van der Waals surface area contributed by atoms with Crippen molar-refractivity contribution >= 4 is 26.8 Å². The molecule has 0 spiro atoms. The molecule has 7 heteroatoms. The van der Waals surface area contributed by atoms with Gasteiger partial charge in [-0.05, 0) is 29.5 Å². The van der Waals surface area contributed by atoms with Gasteiger partial charge < -0.3 is 9.88 Å². The molecule has 2 aromatic rings. The number of aromatic nitrogens is 1. The number of hydrogen-bond donors (Lipinski definition) is 2. The molecule has 3 rings (SSSR count). The van der Waals surface area contributed by atoms with Crippen molar-refractivity contribution in [1.29, 1.82) is 0 Å². The zero-order valence-electron chi connectivity index (χ0n) is 11.5. The summed E-state index contributed by atoms with van der Waals surface area (Å²) in [4.78, 5) is 16.5. The number of fused-ring (bicyclic) bond motifs is 1. The van der Waals surface area contributed by atoms with Crippen LogP contribution in [-0.4, -0.2) is 42.5 Å². The number of hydrogen-bond acceptors (Lipinski definition) is 3. The highest BCUT2D eigenvalue weighted by atomic mass is 32.2. The van der Waals surface area contributed by atoms with Crippen LogP contribution < -0.4 is 5.14 Å². The van der Waals surface area contributed by atoms with Crippen molar-refractivity contribution in [1.82, 2.24) is 9.88 Å². The normalized spacial score (nSPS) is 19.6. The maximum absolute atomic E-state index is 11.8. The van der Waals surface area contributed by atoms with Gasteiger partial charge >= 0.3 is 0 Å². The van der Waals surface area contributed by atoms with E-state index in [4.69, 9.17) is 5.14 Å². The fraction of sp³-hybridized carbons (Fsp3) is 0.357. The van der Waals surface area contributed by atoms with E-state index >= 15 is 0 Å². The molecule has 1 unspecified atom stereocenters. The molecule has 3 N–H and O–H groups in total. The second-order valence-corrected chi connectivity index (χ2v) is 7.25. The second-order valence-electron chi connectivity index (χ2n) is 5.40. The summed E-state index contributed by atoms with van der Waals surface area (Å²) in [5.41, 5.74) is 2.17. The smallest absolute Gasteiger partial charge is 0.224 e. The Labute approximate surface area is 123 Å². The Bertz CT molecular complexity index is 782.